The van der Waals surface area contributed by atoms with E-state index >= 15 is 0 Å². The zero-order valence-corrected chi connectivity index (χ0v) is 14.3. The van der Waals surface area contributed by atoms with E-state index in [0.29, 0.717) is 10.8 Å². The SMILES string of the molecule is CC(C)(C)C1CCCCN1.CC(C)(C)CC1CCC1. The molecule has 1 aliphatic heterocycles. The lowest BCUT2D eigenvalue weighted by Crippen LogP contribution is -2.43. The number of hydrogen-bond donors (Lipinski definition) is 1. The van der Waals surface area contributed by atoms with Gasteiger partial charge in [0, 0.05) is 6.04 Å². The first-order valence-corrected chi connectivity index (χ1v) is 8.42. The Labute approximate surface area is 121 Å². The molecule has 1 saturated heterocycles. The fraction of sp³-hybridized carbons (Fsp3) is 1.00. The smallest absolute Gasteiger partial charge is 0.0116 e. The zero-order valence-electron chi connectivity index (χ0n) is 14.3. The number of piperidine rings is 1. The Morgan fingerprint density at radius 2 is 1.47 bits per heavy atom. The van der Waals surface area contributed by atoms with Crippen molar-refractivity contribution >= 4 is 0 Å². The third-order valence-corrected chi connectivity index (χ3v) is 4.48. The van der Waals surface area contributed by atoms with Gasteiger partial charge >= 0.3 is 0 Å². The topological polar surface area (TPSA) is 12.0 Å². The molecular formula is C18H37N. The Morgan fingerprint density at radius 1 is 0.842 bits per heavy atom. The molecule has 1 saturated carbocycles. The van der Waals surface area contributed by atoms with Crippen LogP contribution < -0.4 is 5.32 Å². The van der Waals surface area contributed by atoms with Crippen molar-refractivity contribution in [3.8, 4) is 0 Å². The van der Waals surface area contributed by atoms with Gasteiger partial charge in [0.15, 0.2) is 0 Å². The fourth-order valence-electron chi connectivity index (χ4n) is 3.15. The molecule has 0 aromatic heterocycles. The van der Waals surface area contributed by atoms with Gasteiger partial charge in [-0.2, -0.15) is 0 Å². The molecule has 0 aromatic rings. The van der Waals surface area contributed by atoms with Gasteiger partial charge in [-0.15, -0.1) is 0 Å². The second kappa shape index (κ2) is 7.11. The van der Waals surface area contributed by atoms with Crippen LogP contribution in [0.2, 0.25) is 0 Å². The molecule has 1 heteroatoms. The standard InChI is InChI=1S/C9H19N.C9H18/c1-9(2,3)8-6-4-5-7-10-8;1-9(2,3)7-8-5-4-6-8/h8,10H,4-7H2,1-3H3;8H,4-7H2,1-3H3. The molecule has 0 amide bonds. The van der Waals surface area contributed by atoms with E-state index in [9.17, 15) is 0 Å². The van der Waals surface area contributed by atoms with E-state index in [1.807, 2.05) is 0 Å². The highest BCUT2D eigenvalue weighted by Crippen LogP contribution is 2.36. The molecule has 1 unspecified atom stereocenters. The molecule has 0 bridgehead atoms. The highest BCUT2D eigenvalue weighted by atomic mass is 14.9. The van der Waals surface area contributed by atoms with E-state index in [-0.39, 0.29) is 0 Å². The van der Waals surface area contributed by atoms with Crippen molar-refractivity contribution in [3.63, 3.8) is 0 Å². The minimum absolute atomic E-state index is 0.459. The first-order chi connectivity index (χ1) is 8.68. The van der Waals surface area contributed by atoms with Crippen LogP contribution in [-0.2, 0) is 0 Å². The summed E-state index contributed by atoms with van der Waals surface area (Å²) >= 11 is 0. The van der Waals surface area contributed by atoms with Gasteiger partial charge < -0.3 is 5.32 Å². The summed E-state index contributed by atoms with van der Waals surface area (Å²) in [6.07, 6.45) is 10.1. The van der Waals surface area contributed by atoms with Crippen LogP contribution in [0, 0.1) is 16.7 Å². The third-order valence-electron chi connectivity index (χ3n) is 4.48. The van der Waals surface area contributed by atoms with E-state index in [0.717, 1.165) is 12.0 Å². The molecule has 1 N–H and O–H groups in total. The maximum atomic E-state index is 3.56. The van der Waals surface area contributed by atoms with Crippen LogP contribution in [0.15, 0.2) is 0 Å². The van der Waals surface area contributed by atoms with Crippen LogP contribution in [0.4, 0.5) is 0 Å². The van der Waals surface area contributed by atoms with E-state index in [4.69, 9.17) is 0 Å². The molecule has 2 aliphatic rings. The maximum absolute atomic E-state index is 3.56. The summed E-state index contributed by atoms with van der Waals surface area (Å²) in [6.45, 7) is 15.2. The number of nitrogens with one attached hydrogen (secondary N) is 1. The summed E-state index contributed by atoms with van der Waals surface area (Å²) in [7, 11) is 0. The van der Waals surface area contributed by atoms with Gasteiger partial charge in [0.05, 0.1) is 0 Å². The molecule has 114 valence electrons. The van der Waals surface area contributed by atoms with E-state index in [1.165, 1.54) is 51.5 Å². The molecule has 1 atom stereocenters. The van der Waals surface area contributed by atoms with Gasteiger partial charge in [0.2, 0.25) is 0 Å². The Hall–Kier alpha value is -0.0400. The summed E-state index contributed by atoms with van der Waals surface area (Å²) < 4.78 is 0. The third kappa shape index (κ3) is 7.34. The van der Waals surface area contributed by atoms with Gasteiger partial charge in [0.1, 0.15) is 0 Å². The predicted molar refractivity (Wildman–Crippen MR) is 86.5 cm³/mol. The molecule has 0 spiro atoms. The summed E-state index contributed by atoms with van der Waals surface area (Å²) in [5.74, 6) is 1.07. The van der Waals surface area contributed by atoms with Crippen molar-refractivity contribution < 1.29 is 0 Å². The van der Waals surface area contributed by atoms with E-state index < -0.39 is 0 Å². The quantitative estimate of drug-likeness (QED) is 0.671. The van der Waals surface area contributed by atoms with E-state index in [2.05, 4.69) is 46.9 Å². The highest BCUT2D eigenvalue weighted by molar-refractivity contribution is 4.82. The average Bonchev–Trinajstić information content (AvgIpc) is 2.24. The molecule has 1 aliphatic carbocycles. The molecule has 1 heterocycles. The van der Waals surface area contributed by atoms with Crippen LogP contribution in [-0.4, -0.2) is 12.6 Å². The van der Waals surface area contributed by atoms with Crippen LogP contribution in [0.3, 0.4) is 0 Å². The zero-order chi connectivity index (χ0) is 14.5. The molecule has 19 heavy (non-hydrogen) atoms. The molecular weight excluding hydrogens is 230 g/mol. The fourth-order valence-corrected chi connectivity index (χ4v) is 3.15. The molecule has 2 rings (SSSR count). The minimum Gasteiger partial charge on any atom is -0.313 e. The Kier molecular flexibility index (Phi) is 6.36. The van der Waals surface area contributed by atoms with Gasteiger partial charge in [-0.25, -0.2) is 0 Å². The second-order valence-electron chi connectivity index (χ2n) is 8.93. The first kappa shape index (κ1) is 17.0. The van der Waals surface area contributed by atoms with Crippen molar-refractivity contribution in [2.45, 2.75) is 92.5 Å². The van der Waals surface area contributed by atoms with Crippen molar-refractivity contribution in [2.24, 2.45) is 16.7 Å². The summed E-state index contributed by atoms with van der Waals surface area (Å²) in [5.41, 5.74) is 1.03. The van der Waals surface area contributed by atoms with Gasteiger partial charge in [-0.1, -0.05) is 67.2 Å². The summed E-state index contributed by atoms with van der Waals surface area (Å²) in [4.78, 5) is 0. The normalized spacial score (nSPS) is 25.3. The van der Waals surface area contributed by atoms with Crippen molar-refractivity contribution in [2.75, 3.05) is 6.54 Å². The molecule has 2 fully saturated rings. The lowest BCUT2D eigenvalue weighted by atomic mass is 9.74. The molecule has 0 radical (unpaired) electrons. The highest BCUT2D eigenvalue weighted by Gasteiger charge is 2.25. The first-order valence-electron chi connectivity index (χ1n) is 8.42. The Bertz CT molecular complexity index is 233. The number of rotatable bonds is 1. The van der Waals surface area contributed by atoms with Crippen molar-refractivity contribution in [3.05, 3.63) is 0 Å². The Balaban J connectivity index is 0.000000191. The summed E-state index contributed by atoms with van der Waals surface area (Å²) in [6, 6.07) is 0.751. The molecule has 1 nitrogen and oxygen atoms in total. The minimum atomic E-state index is 0.459. The van der Waals surface area contributed by atoms with Gasteiger partial charge in [-0.05, 0) is 42.6 Å². The van der Waals surface area contributed by atoms with Crippen LogP contribution in [0.1, 0.15) is 86.5 Å². The largest absolute Gasteiger partial charge is 0.313 e. The van der Waals surface area contributed by atoms with Gasteiger partial charge in [0.25, 0.3) is 0 Å². The Morgan fingerprint density at radius 3 is 1.68 bits per heavy atom. The van der Waals surface area contributed by atoms with Crippen molar-refractivity contribution in [1.82, 2.24) is 5.32 Å². The van der Waals surface area contributed by atoms with Crippen LogP contribution in [0.5, 0.6) is 0 Å². The second-order valence-corrected chi connectivity index (χ2v) is 8.93. The summed E-state index contributed by atoms with van der Waals surface area (Å²) in [5, 5.41) is 3.56. The van der Waals surface area contributed by atoms with Crippen molar-refractivity contribution in [1.29, 1.82) is 0 Å². The molecule has 0 aromatic carbocycles. The maximum Gasteiger partial charge on any atom is 0.0116 e. The van der Waals surface area contributed by atoms with Crippen LogP contribution in [0.25, 0.3) is 0 Å². The van der Waals surface area contributed by atoms with Crippen LogP contribution >= 0.6 is 0 Å². The van der Waals surface area contributed by atoms with Gasteiger partial charge in [-0.3, -0.25) is 0 Å². The van der Waals surface area contributed by atoms with E-state index in [1.54, 1.807) is 0 Å². The lowest BCUT2D eigenvalue weighted by molar-refractivity contribution is 0.207. The number of hydrogen-bond acceptors (Lipinski definition) is 1. The monoisotopic (exact) mass is 267 g/mol. The predicted octanol–water partition coefficient (Wildman–Crippen LogP) is 5.40. The average molecular weight is 268 g/mol. The lowest BCUT2D eigenvalue weighted by Gasteiger charge is -2.34.